The molecule has 194 valence electrons. The van der Waals surface area contributed by atoms with Crippen molar-refractivity contribution in [1.29, 1.82) is 0 Å². The zero-order chi connectivity index (χ0) is 27.3. The Hall–Kier alpha value is -4.24. The third kappa shape index (κ3) is 6.00. The van der Waals surface area contributed by atoms with Crippen LogP contribution in [-0.4, -0.2) is 37.1 Å². The van der Waals surface area contributed by atoms with E-state index in [1.807, 2.05) is 63.8 Å². The lowest BCUT2D eigenvalue weighted by molar-refractivity contribution is -0.384. The van der Waals surface area contributed by atoms with E-state index in [0.717, 1.165) is 24.3 Å². The summed E-state index contributed by atoms with van der Waals surface area (Å²) in [4.78, 5) is 22.7. The van der Waals surface area contributed by atoms with Crippen LogP contribution in [0.1, 0.15) is 15.9 Å². The standard InChI is InChI=1S/C25H19IN4O7S/c1-36-23-15-17(16-27-28-25(31)20-6-2-3-7-22(20)29-12-4-5-13-29)14-21(26)24(23)37-38(34,35)19-10-8-18(9-11-19)30(32)33/h2-16H,1H3,(H,28,31)/b27-16-. The minimum Gasteiger partial charge on any atom is -0.493 e. The Kier molecular flexibility index (Phi) is 8.07. The van der Waals surface area contributed by atoms with E-state index in [4.69, 9.17) is 8.92 Å². The number of para-hydroxylation sites is 1. The molecule has 1 N–H and O–H groups in total. The van der Waals surface area contributed by atoms with Gasteiger partial charge < -0.3 is 13.5 Å². The van der Waals surface area contributed by atoms with Gasteiger partial charge in [0.1, 0.15) is 4.90 Å². The summed E-state index contributed by atoms with van der Waals surface area (Å²) in [7, 11) is -2.96. The fraction of sp³-hybridized carbons (Fsp3) is 0.0400. The van der Waals surface area contributed by atoms with Gasteiger partial charge in [-0.15, -0.1) is 0 Å². The number of aromatic nitrogens is 1. The average molecular weight is 646 g/mol. The van der Waals surface area contributed by atoms with Gasteiger partial charge in [-0.05, 0) is 76.7 Å². The Balaban J connectivity index is 1.52. The van der Waals surface area contributed by atoms with E-state index < -0.39 is 20.9 Å². The first kappa shape index (κ1) is 26.8. The molecule has 0 aliphatic rings. The lowest BCUT2D eigenvalue weighted by Crippen LogP contribution is -2.19. The molecule has 1 heterocycles. The summed E-state index contributed by atoms with van der Waals surface area (Å²) < 4.78 is 38.3. The number of non-ortho nitro benzene ring substituents is 1. The van der Waals surface area contributed by atoms with Crippen LogP contribution in [0.15, 0.2) is 95.2 Å². The maximum Gasteiger partial charge on any atom is 0.339 e. The van der Waals surface area contributed by atoms with E-state index in [2.05, 4.69) is 10.5 Å². The highest BCUT2D eigenvalue weighted by Gasteiger charge is 2.23. The van der Waals surface area contributed by atoms with E-state index in [1.54, 1.807) is 18.2 Å². The number of hydrazone groups is 1. The molecule has 13 heteroatoms. The molecule has 4 aromatic rings. The number of carbonyl (C=O) groups excluding carboxylic acids is 1. The topological polar surface area (TPSA) is 142 Å². The van der Waals surface area contributed by atoms with Crippen LogP contribution < -0.4 is 14.3 Å². The molecule has 1 aromatic heterocycles. The Morgan fingerprint density at radius 2 is 1.76 bits per heavy atom. The molecule has 0 unspecified atom stereocenters. The molecule has 4 rings (SSSR count). The monoisotopic (exact) mass is 646 g/mol. The molecule has 0 saturated heterocycles. The number of carbonyl (C=O) groups is 1. The van der Waals surface area contributed by atoms with Crippen molar-refractivity contribution in [2.75, 3.05) is 7.11 Å². The number of nitrogens with one attached hydrogen (secondary N) is 1. The lowest BCUT2D eigenvalue weighted by atomic mass is 10.1. The molecular formula is C25H19IN4O7S. The van der Waals surface area contributed by atoms with Crippen LogP contribution in [0, 0.1) is 13.7 Å². The highest BCUT2D eigenvalue weighted by molar-refractivity contribution is 14.1. The van der Waals surface area contributed by atoms with Gasteiger partial charge in [0, 0.05) is 24.5 Å². The minimum absolute atomic E-state index is 0.0618. The Labute approximate surface area is 231 Å². The average Bonchev–Trinajstić information content (AvgIpc) is 3.45. The predicted molar refractivity (Wildman–Crippen MR) is 147 cm³/mol. The number of nitro benzene ring substituents is 1. The number of nitro groups is 1. The molecule has 0 fully saturated rings. The third-order valence-corrected chi connectivity index (χ3v) is 7.23. The summed E-state index contributed by atoms with van der Waals surface area (Å²) in [5.74, 6) is -0.372. The lowest BCUT2D eigenvalue weighted by Gasteiger charge is -2.13. The maximum atomic E-state index is 12.8. The largest absolute Gasteiger partial charge is 0.493 e. The van der Waals surface area contributed by atoms with Gasteiger partial charge in [-0.2, -0.15) is 13.5 Å². The number of rotatable bonds is 9. The number of nitrogens with zero attached hydrogens (tertiary/aromatic N) is 3. The van der Waals surface area contributed by atoms with Crippen molar-refractivity contribution in [3.05, 3.63) is 110 Å². The zero-order valence-electron chi connectivity index (χ0n) is 19.6. The highest BCUT2D eigenvalue weighted by atomic mass is 127. The first-order valence-electron chi connectivity index (χ1n) is 10.8. The fourth-order valence-corrected chi connectivity index (χ4v) is 5.24. The van der Waals surface area contributed by atoms with E-state index >= 15 is 0 Å². The molecule has 0 atom stereocenters. The van der Waals surface area contributed by atoms with Crippen molar-refractivity contribution in [3.63, 3.8) is 0 Å². The van der Waals surface area contributed by atoms with Gasteiger partial charge in [0.2, 0.25) is 0 Å². The first-order chi connectivity index (χ1) is 18.2. The van der Waals surface area contributed by atoms with Crippen LogP contribution in [0.25, 0.3) is 5.69 Å². The summed E-state index contributed by atoms with van der Waals surface area (Å²) in [6.45, 7) is 0. The number of hydrogen-bond donors (Lipinski definition) is 1. The predicted octanol–water partition coefficient (Wildman–Crippen LogP) is 4.53. The van der Waals surface area contributed by atoms with Gasteiger partial charge in [0.25, 0.3) is 11.6 Å². The molecule has 0 radical (unpaired) electrons. The van der Waals surface area contributed by atoms with Crippen LogP contribution >= 0.6 is 22.6 Å². The number of methoxy groups -OCH3 is 1. The van der Waals surface area contributed by atoms with Crippen molar-refractivity contribution in [1.82, 2.24) is 9.99 Å². The molecule has 0 aliphatic heterocycles. The second kappa shape index (κ2) is 11.4. The number of benzene rings is 3. The summed E-state index contributed by atoms with van der Waals surface area (Å²) in [5.41, 5.74) is 3.86. The van der Waals surface area contributed by atoms with Crippen molar-refractivity contribution < 1.29 is 27.1 Å². The fourth-order valence-electron chi connectivity index (χ4n) is 3.40. The normalized spacial score (nSPS) is 11.3. The number of ether oxygens (including phenoxy) is 1. The van der Waals surface area contributed by atoms with Crippen molar-refractivity contribution in [2.45, 2.75) is 4.90 Å². The summed E-state index contributed by atoms with van der Waals surface area (Å²) in [5, 5.41) is 14.9. The molecule has 1 amide bonds. The molecule has 0 aliphatic carbocycles. The zero-order valence-corrected chi connectivity index (χ0v) is 22.6. The van der Waals surface area contributed by atoms with Gasteiger partial charge >= 0.3 is 10.1 Å². The molecule has 0 saturated carbocycles. The summed E-state index contributed by atoms with van der Waals surface area (Å²) in [6.07, 6.45) is 5.04. The summed E-state index contributed by atoms with van der Waals surface area (Å²) in [6, 6.07) is 18.2. The van der Waals surface area contributed by atoms with Crippen molar-refractivity contribution in [2.24, 2.45) is 5.10 Å². The van der Waals surface area contributed by atoms with Gasteiger partial charge in [0.05, 0.1) is 33.1 Å². The van der Waals surface area contributed by atoms with Crippen LogP contribution in [0.5, 0.6) is 11.5 Å². The number of hydrogen-bond acceptors (Lipinski definition) is 8. The Bertz CT molecular complexity index is 1620. The third-order valence-electron chi connectivity index (χ3n) is 5.19. The Morgan fingerprint density at radius 3 is 2.42 bits per heavy atom. The molecule has 3 aromatic carbocycles. The molecule has 0 bridgehead atoms. The van der Waals surface area contributed by atoms with Gasteiger partial charge in [-0.25, -0.2) is 5.43 Å². The maximum absolute atomic E-state index is 12.8. The highest BCUT2D eigenvalue weighted by Crippen LogP contribution is 2.36. The second-order valence-corrected chi connectivity index (χ2v) is 10.3. The quantitative estimate of drug-likeness (QED) is 0.0926. The molecular weight excluding hydrogens is 627 g/mol. The van der Waals surface area contributed by atoms with Gasteiger partial charge in [-0.3, -0.25) is 14.9 Å². The van der Waals surface area contributed by atoms with Gasteiger partial charge in [-0.1, -0.05) is 12.1 Å². The van der Waals surface area contributed by atoms with E-state index in [0.29, 0.717) is 20.4 Å². The minimum atomic E-state index is -4.31. The van der Waals surface area contributed by atoms with E-state index in [-0.39, 0.29) is 22.1 Å². The number of halogens is 1. The number of amides is 1. The van der Waals surface area contributed by atoms with Crippen LogP contribution in [-0.2, 0) is 10.1 Å². The second-order valence-electron chi connectivity index (χ2n) is 7.63. The molecule has 11 nitrogen and oxygen atoms in total. The smallest absolute Gasteiger partial charge is 0.339 e. The summed E-state index contributed by atoms with van der Waals surface area (Å²) >= 11 is 1.88. The van der Waals surface area contributed by atoms with E-state index in [9.17, 15) is 23.3 Å². The molecule has 0 spiro atoms. The van der Waals surface area contributed by atoms with Crippen molar-refractivity contribution >= 4 is 50.5 Å². The first-order valence-corrected chi connectivity index (χ1v) is 13.3. The SMILES string of the molecule is COc1cc(/C=N\NC(=O)c2ccccc2-n2cccc2)cc(I)c1OS(=O)(=O)c1ccc([N+](=O)[O-])cc1. The van der Waals surface area contributed by atoms with E-state index in [1.165, 1.54) is 19.4 Å². The van der Waals surface area contributed by atoms with Crippen LogP contribution in [0.4, 0.5) is 5.69 Å². The van der Waals surface area contributed by atoms with Gasteiger partial charge in [0.15, 0.2) is 11.5 Å². The Morgan fingerprint density at radius 1 is 1.08 bits per heavy atom. The van der Waals surface area contributed by atoms with Crippen LogP contribution in [0.2, 0.25) is 0 Å². The van der Waals surface area contributed by atoms with Crippen LogP contribution in [0.3, 0.4) is 0 Å². The van der Waals surface area contributed by atoms with Crippen molar-refractivity contribution in [3.8, 4) is 17.2 Å². The molecule has 38 heavy (non-hydrogen) atoms.